The number of ketones is 1. The molecule has 31 heteroatoms. The molecule has 0 saturated heterocycles. The van der Waals surface area contributed by atoms with Gasteiger partial charge in [-0.3, -0.25) is 14.8 Å². The molecule has 3 heterocycles. The van der Waals surface area contributed by atoms with Crippen LogP contribution in [0.4, 0.5) is 24.0 Å². The number of aromatic nitrogens is 3. The summed E-state index contributed by atoms with van der Waals surface area (Å²) in [6.45, 7) is 19.8. The van der Waals surface area contributed by atoms with Crippen LogP contribution in [-0.2, 0) is 94.9 Å². The Morgan fingerprint density at radius 1 is 0.417 bits per heavy atom. The van der Waals surface area contributed by atoms with Crippen LogP contribution in [0.5, 0.6) is 0 Å². The van der Waals surface area contributed by atoms with Crippen molar-refractivity contribution in [1.82, 2.24) is 46.4 Å². The first-order chi connectivity index (χ1) is 65.8. The molecule has 0 aliphatic heterocycles. The Hall–Kier alpha value is -8.11. The number of Topliss-reactive ketones (excluding diaryl/α,β-unsaturated/α-hetero) is 1. The van der Waals surface area contributed by atoms with E-state index in [9.17, 15) is 28.8 Å². The Balaban J connectivity index is 0.000000395. The fraction of sp³-hybridized carbons (Fsp3) is 0.343. The number of ether oxygens (including phenoxy) is 4. The van der Waals surface area contributed by atoms with E-state index in [1.165, 1.54) is 39.4 Å². The second-order valence-electron chi connectivity index (χ2n) is 35.0. The van der Waals surface area contributed by atoms with Crippen molar-refractivity contribution in [2.75, 3.05) is 7.05 Å². The number of nitrogens with zero attached hydrogens (tertiary/aromatic N) is 4. The topological polar surface area (TPSA) is 319 Å². The summed E-state index contributed by atoms with van der Waals surface area (Å²) in [5.41, 5.74) is 30.6. The van der Waals surface area contributed by atoms with Gasteiger partial charge in [-0.2, -0.15) is 0 Å². The Kier molecular flexibility index (Phi) is 62.5. The van der Waals surface area contributed by atoms with Crippen molar-refractivity contribution in [1.29, 1.82) is 0 Å². The first-order valence-corrected chi connectivity index (χ1v) is 66.7. The summed E-state index contributed by atoms with van der Waals surface area (Å²) in [5, 5.41) is 17.8. The Labute approximate surface area is 906 Å². The minimum atomic E-state index is -0.664. The number of thiazole rings is 3. The fourth-order valence-electron chi connectivity index (χ4n) is 13.7. The van der Waals surface area contributed by atoms with Gasteiger partial charge in [0, 0.05) is 92.5 Å². The first kappa shape index (κ1) is 123. The number of carbonyl (C=O) groups excluding carboxylic acids is 6. The van der Waals surface area contributed by atoms with Gasteiger partial charge in [-0.25, -0.2) is 29.0 Å². The van der Waals surface area contributed by atoms with Crippen molar-refractivity contribution in [2.24, 2.45) is 29.0 Å². The molecular weight excluding hydrogens is 2480 g/mol. The smallest absolute Gasteiger partial charge is 0.407 e. The maximum atomic E-state index is 13.9. The minimum absolute atomic E-state index is 0. The van der Waals surface area contributed by atoms with Gasteiger partial charge in [0.15, 0.2) is 5.78 Å². The number of halogens is 6. The Morgan fingerprint density at radius 3 is 0.978 bits per heavy atom. The maximum absolute atomic E-state index is 13.9. The molecule has 11 aromatic rings. The molecule has 9 atom stereocenters. The standard InChI is InChI=1S/C38H47N5O4S2.C28H38N2O4.C23H25N3O2S.C18H22N2.CH4.I3.I2.HI/c1-26(2)35(42-37(45)43(5)22-32-24-48-36(40-32)27(3)4)34(44)20-30(18-28-12-8-6-9-13-28)16-17-31(19-29-14-10-7-11-15-29)41-38(46)47-23-33-21-39-25-49-33;1-27(2,3)33-25(31)29-23(19-21-13-9-7-10-14-21)17-18-24(20-22-15-11-8-12-16-22)30-26(32)34-28(4,5)6;24-20(13-18-7-3-1-4-8-18)11-12-21(14-19-9-5-2-6-10-19)26-23(27)28-16-22-15-25-17-29-22;19-17(13-15-7-3-1-4-8-15)11-12-18(20)14-16-9-5-2-6-10-16;;1-3-2;1-2;/h6-17,21,24-27,30-31,35H,18-20,22-23H2,1-5H3,(H,41,46)(H,42,45);7-18,23-24H,19-20H2,1-6H3,(H,29,31)(H,30,32);1-12,15,17,20-21H,13-14,16,24H2,(H,26,27);1-12,17-18H,13-14,19-20H2;1H4;;;1H/q;;;;;-1;;/b17-16+;18-17+;2*12-11+;;;;/t30-,31-,35+;23-,24-;20-,21-;17-,18-;;;;/m1111..../s1. The SMILES string of the molecule is C.CC(C)(C)OC(=O)N[C@H](/C=C/[C@H](Cc1ccccc1)NC(=O)OC(C)(C)C)Cc1ccccc1.CC(C)c1nc(CN(C)C(=O)N[C@H](C(=O)C[C@H](/C=C/[C@H](Cc2ccccc2)NC(=O)OCc2cncs2)Cc2ccccc2)C(C)C)cs1.I.II.I[I-]I.N[C@H](/C=C/[C@@H](N)Cc1ccccc1)Cc1ccccc1.N[C@H](/C=C/[C@H](Cc1ccccc1)NC(=O)OCc1cncs1)Cc1ccccc1. The van der Waals surface area contributed by atoms with Gasteiger partial charge in [0.2, 0.25) is 0 Å². The van der Waals surface area contributed by atoms with E-state index in [2.05, 4.69) is 166 Å². The minimum Gasteiger partial charge on any atom is -0.444 e. The second-order valence-corrected chi connectivity index (χ2v) is 54.1. The van der Waals surface area contributed by atoms with Crippen LogP contribution in [-0.4, -0.2) is 123 Å². The summed E-state index contributed by atoms with van der Waals surface area (Å²) in [6, 6.07) is 78.1. The number of hydrogen-bond acceptors (Lipinski definition) is 19. The van der Waals surface area contributed by atoms with Crippen molar-refractivity contribution in [3.8, 4) is 0 Å². The van der Waals surface area contributed by atoms with Crippen LogP contribution < -0.4 is 57.0 Å². The zero-order chi connectivity index (χ0) is 99.6. The number of urea groups is 1. The van der Waals surface area contributed by atoms with E-state index < -0.39 is 41.6 Å². The van der Waals surface area contributed by atoms with Crippen molar-refractivity contribution in [2.45, 2.75) is 220 Å². The summed E-state index contributed by atoms with van der Waals surface area (Å²) in [7, 11) is 1.72. The van der Waals surface area contributed by atoms with E-state index in [0.29, 0.717) is 57.8 Å². The number of rotatable bonds is 40. The predicted molar refractivity (Wildman–Crippen MR) is 613 cm³/mol. The summed E-state index contributed by atoms with van der Waals surface area (Å²) >= 11 is 14.0. The van der Waals surface area contributed by atoms with E-state index in [0.717, 1.165) is 67.5 Å². The van der Waals surface area contributed by atoms with E-state index in [-0.39, 0.29) is 117 Å². The molecule has 6 amide bonds. The average Bonchev–Trinajstić information content (AvgIpc) is 1.81. The number of alkyl carbamates (subject to hydrolysis) is 4. The van der Waals surface area contributed by atoms with E-state index in [1.54, 1.807) is 46.7 Å². The number of allylic oxidation sites excluding steroid dienone is 1. The van der Waals surface area contributed by atoms with Gasteiger partial charge in [-0.1, -0.05) is 326 Å². The van der Waals surface area contributed by atoms with Crippen LogP contribution in [0.2, 0.25) is 0 Å². The molecule has 11 rings (SSSR count). The largest absolute Gasteiger partial charge is 0.444 e. The van der Waals surface area contributed by atoms with Gasteiger partial charge in [0.25, 0.3) is 0 Å². The van der Waals surface area contributed by atoms with Gasteiger partial charge in [-0.15, -0.1) is 58.0 Å². The molecule has 11 N–H and O–H groups in total. The van der Waals surface area contributed by atoms with Crippen LogP contribution in [0.15, 0.2) is 320 Å². The third kappa shape index (κ3) is 55.9. The Bertz CT molecular complexity index is 5150. The molecule has 750 valence electrons. The van der Waals surface area contributed by atoms with Gasteiger partial charge in [-0.05, 0) is 149 Å². The van der Waals surface area contributed by atoms with E-state index >= 15 is 0 Å². The maximum Gasteiger partial charge on any atom is 0.407 e. The first-order valence-electron chi connectivity index (χ1n) is 45.2. The van der Waals surface area contributed by atoms with E-state index in [4.69, 9.17) is 36.1 Å². The molecule has 0 radical (unpaired) electrons. The van der Waals surface area contributed by atoms with Crippen LogP contribution in [0.1, 0.15) is 154 Å². The quantitative estimate of drug-likeness (QED) is 0.0100. The molecular formula is C108H137I6N12O10S3-. The van der Waals surface area contributed by atoms with Crippen LogP contribution >= 0.6 is 132 Å². The molecule has 0 saturated carbocycles. The van der Waals surface area contributed by atoms with Gasteiger partial charge >= 0.3 is 80.9 Å². The third-order valence-corrected chi connectivity index (χ3v) is 22.8. The molecule has 0 spiro atoms. The molecule has 22 nitrogen and oxygen atoms in total. The molecule has 0 aliphatic carbocycles. The van der Waals surface area contributed by atoms with Crippen LogP contribution in [0.25, 0.3) is 0 Å². The zero-order valence-electron chi connectivity index (χ0n) is 80.1. The summed E-state index contributed by atoms with van der Waals surface area (Å²) < 4.78 is 21.7. The molecule has 3 aromatic heterocycles. The molecule has 8 aromatic carbocycles. The van der Waals surface area contributed by atoms with E-state index in [1.807, 2.05) is 316 Å². The molecule has 0 unspecified atom stereocenters. The van der Waals surface area contributed by atoms with Gasteiger partial charge in [0.05, 0.1) is 68.2 Å². The van der Waals surface area contributed by atoms with Gasteiger partial charge < -0.3 is 67.6 Å². The van der Waals surface area contributed by atoms with Gasteiger partial charge in [0.1, 0.15) is 24.4 Å². The summed E-state index contributed by atoms with van der Waals surface area (Å²) in [5.74, 6) is -0.0110. The molecule has 0 aliphatic rings. The van der Waals surface area contributed by atoms with Crippen molar-refractivity contribution < 1.29 is 61.0 Å². The number of nitrogens with two attached hydrogens (primary N) is 3. The monoisotopic (exact) mass is 2620 g/mol. The second kappa shape index (κ2) is 70.5. The molecule has 139 heavy (non-hydrogen) atoms. The summed E-state index contributed by atoms with van der Waals surface area (Å²) in [6.07, 6.45) is 22.8. The fourth-order valence-corrected chi connectivity index (χ4v) is 15.5. The third-order valence-electron chi connectivity index (χ3n) is 20.1. The summed E-state index contributed by atoms with van der Waals surface area (Å²) in [4.78, 5) is 93.2. The average molecular weight is 2620 g/mol. The zero-order valence-corrected chi connectivity index (χ0v) is 95.6. The normalized spacial score (nSPS) is 13.0. The van der Waals surface area contributed by atoms with Crippen molar-refractivity contribution in [3.63, 3.8) is 0 Å². The Morgan fingerprint density at radius 2 is 0.698 bits per heavy atom. The number of nitrogens with one attached hydrogen (secondary N) is 5. The number of hydrogen-bond donors (Lipinski definition) is 8. The van der Waals surface area contributed by atoms with Crippen LogP contribution in [0, 0.1) is 11.8 Å². The predicted octanol–water partition coefficient (Wildman–Crippen LogP) is 22.2. The number of amides is 6. The number of carbonyl (C=O) groups is 6. The van der Waals surface area contributed by atoms with Crippen molar-refractivity contribution >= 4 is 169 Å². The number of benzene rings is 8. The van der Waals surface area contributed by atoms with Crippen molar-refractivity contribution in [3.05, 3.63) is 385 Å². The molecule has 0 bridgehead atoms. The van der Waals surface area contributed by atoms with Crippen LogP contribution in [0.3, 0.4) is 0 Å². The molecule has 0 fully saturated rings.